The predicted molar refractivity (Wildman–Crippen MR) is 97.6 cm³/mol. The second-order valence-electron chi connectivity index (χ2n) is 5.78. The van der Waals surface area contributed by atoms with Gasteiger partial charge >= 0.3 is 0 Å². The molecule has 1 aromatic carbocycles. The average molecular weight is 347 g/mol. The van der Waals surface area contributed by atoms with E-state index < -0.39 is 0 Å². The highest BCUT2D eigenvalue weighted by Gasteiger charge is 2.12. The van der Waals surface area contributed by atoms with E-state index in [9.17, 15) is 4.79 Å². The minimum absolute atomic E-state index is 0.118. The Labute approximate surface area is 147 Å². The molecule has 0 fully saturated rings. The van der Waals surface area contributed by atoms with Crippen LogP contribution in [0.3, 0.4) is 0 Å². The number of carbonyl (C=O) groups is 1. The summed E-state index contributed by atoms with van der Waals surface area (Å²) in [7, 11) is 0. The standard InChI is InChI=1S/C18H23ClN4O/c1-4-12(2)21-18(24)16-11-17(23-13(3)22-16)20-9-8-14-6-5-7-15(19)10-14/h5-7,10-12H,4,8-9H2,1-3H3,(H,21,24)(H,20,22,23). The number of benzene rings is 1. The molecule has 0 saturated carbocycles. The first kappa shape index (κ1) is 18.2. The van der Waals surface area contributed by atoms with Gasteiger partial charge in [0.25, 0.3) is 5.91 Å². The van der Waals surface area contributed by atoms with Crippen molar-refractivity contribution < 1.29 is 4.79 Å². The van der Waals surface area contributed by atoms with Crippen molar-refractivity contribution in [1.82, 2.24) is 15.3 Å². The summed E-state index contributed by atoms with van der Waals surface area (Å²) in [6, 6.07) is 9.57. The first-order valence-electron chi connectivity index (χ1n) is 8.12. The molecule has 1 aromatic heterocycles. The fourth-order valence-electron chi connectivity index (χ4n) is 2.20. The Morgan fingerprint density at radius 2 is 2.08 bits per heavy atom. The lowest BCUT2D eigenvalue weighted by Gasteiger charge is -2.12. The molecule has 128 valence electrons. The second-order valence-corrected chi connectivity index (χ2v) is 6.21. The minimum Gasteiger partial charge on any atom is -0.370 e. The summed E-state index contributed by atoms with van der Waals surface area (Å²) < 4.78 is 0. The highest BCUT2D eigenvalue weighted by atomic mass is 35.5. The van der Waals surface area contributed by atoms with Crippen molar-refractivity contribution in [1.29, 1.82) is 0 Å². The molecule has 6 heteroatoms. The molecule has 2 aromatic rings. The Hall–Kier alpha value is -2.14. The lowest BCUT2D eigenvalue weighted by atomic mass is 10.1. The molecule has 1 unspecified atom stereocenters. The van der Waals surface area contributed by atoms with Crippen LogP contribution in [0.1, 0.15) is 42.1 Å². The highest BCUT2D eigenvalue weighted by Crippen LogP contribution is 2.12. The average Bonchev–Trinajstić information content (AvgIpc) is 2.54. The number of hydrogen-bond acceptors (Lipinski definition) is 4. The molecule has 0 bridgehead atoms. The van der Waals surface area contributed by atoms with Gasteiger partial charge in [-0.1, -0.05) is 30.7 Å². The van der Waals surface area contributed by atoms with Crippen LogP contribution in [-0.4, -0.2) is 28.5 Å². The number of nitrogens with one attached hydrogen (secondary N) is 2. The van der Waals surface area contributed by atoms with Crippen LogP contribution in [0.25, 0.3) is 0 Å². The molecule has 0 radical (unpaired) electrons. The molecule has 0 saturated heterocycles. The van der Waals surface area contributed by atoms with Crippen molar-refractivity contribution in [3.8, 4) is 0 Å². The highest BCUT2D eigenvalue weighted by molar-refractivity contribution is 6.30. The lowest BCUT2D eigenvalue weighted by Crippen LogP contribution is -2.32. The third-order valence-corrected chi connectivity index (χ3v) is 3.90. The van der Waals surface area contributed by atoms with Gasteiger partial charge in [-0.05, 0) is 44.4 Å². The normalized spacial score (nSPS) is 11.8. The number of hydrogen-bond donors (Lipinski definition) is 2. The maximum atomic E-state index is 12.2. The van der Waals surface area contributed by atoms with Gasteiger partial charge in [-0.2, -0.15) is 0 Å². The summed E-state index contributed by atoms with van der Waals surface area (Å²) in [6.07, 6.45) is 1.69. The van der Waals surface area contributed by atoms with Crippen molar-refractivity contribution in [2.75, 3.05) is 11.9 Å². The van der Waals surface area contributed by atoms with Crippen LogP contribution in [0, 0.1) is 6.92 Å². The molecular formula is C18H23ClN4O. The molecule has 2 rings (SSSR count). The van der Waals surface area contributed by atoms with Gasteiger partial charge in [-0.25, -0.2) is 9.97 Å². The predicted octanol–water partition coefficient (Wildman–Crippen LogP) is 3.62. The lowest BCUT2D eigenvalue weighted by molar-refractivity contribution is 0.0934. The third-order valence-electron chi connectivity index (χ3n) is 3.67. The zero-order valence-corrected chi connectivity index (χ0v) is 15.0. The zero-order chi connectivity index (χ0) is 17.5. The van der Waals surface area contributed by atoms with Crippen LogP contribution >= 0.6 is 11.6 Å². The molecule has 0 aliphatic rings. The first-order chi connectivity index (χ1) is 11.5. The Morgan fingerprint density at radius 1 is 1.29 bits per heavy atom. The fourth-order valence-corrected chi connectivity index (χ4v) is 2.41. The summed E-state index contributed by atoms with van der Waals surface area (Å²) in [4.78, 5) is 20.8. The summed E-state index contributed by atoms with van der Waals surface area (Å²) in [6.45, 7) is 6.47. The summed E-state index contributed by atoms with van der Waals surface area (Å²) in [5.74, 6) is 1.05. The van der Waals surface area contributed by atoms with Crippen LogP contribution < -0.4 is 10.6 Å². The summed E-state index contributed by atoms with van der Waals surface area (Å²) in [5, 5.41) is 6.89. The van der Waals surface area contributed by atoms with Gasteiger partial charge in [0.2, 0.25) is 0 Å². The number of rotatable bonds is 7. The largest absolute Gasteiger partial charge is 0.370 e. The van der Waals surface area contributed by atoms with Crippen LogP contribution in [0.5, 0.6) is 0 Å². The molecule has 0 spiro atoms. The maximum absolute atomic E-state index is 12.2. The number of aryl methyl sites for hydroxylation is 1. The summed E-state index contributed by atoms with van der Waals surface area (Å²) >= 11 is 5.99. The van der Waals surface area contributed by atoms with Gasteiger partial charge in [0.05, 0.1) is 0 Å². The van der Waals surface area contributed by atoms with E-state index in [2.05, 4.69) is 20.6 Å². The first-order valence-corrected chi connectivity index (χ1v) is 8.50. The Balaban J connectivity index is 1.99. The van der Waals surface area contributed by atoms with Gasteiger partial charge in [0.15, 0.2) is 0 Å². The van der Waals surface area contributed by atoms with Gasteiger partial charge in [0, 0.05) is 23.7 Å². The number of amides is 1. The fraction of sp³-hybridized carbons (Fsp3) is 0.389. The van der Waals surface area contributed by atoms with E-state index in [1.165, 1.54) is 0 Å². The van der Waals surface area contributed by atoms with Gasteiger partial charge in [-0.3, -0.25) is 4.79 Å². The van der Waals surface area contributed by atoms with Crippen LogP contribution in [0.2, 0.25) is 5.02 Å². The molecule has 0 aliphatic carbocycles. The van der Waals surface area contributed by atoms with Crippen molar-refractivity contribution in [2.24, 2.45) is 0 Å². The van der Waals surface area contributed by atoms with Gasteiger partial charge < -0.3 is 10.6 Å². The molecular weight excluding hydrogens is 324 g/mol. The molecule has 1 heterocycles. The van der Waals surface area contributed by atoms with Gasteiger partial charge in [0.1, 0.15) is 17.3 Å². The van der Waals surface area contributed by atoms with Gasteiger partial charge in [-0.15, -0.1) is 0 Å². The van der Waals surface area contributed by atoms with E-state index in [1.807, 2.05) is 38.1 Å². The van der Waals surface area contributed by atoms with E-state index in [1.54, 1.807) is 13.0 Å². The monoisotopic (exact) mass is 346 g/mol. The number of carbonyl (C=O) groups excluding carboxylic acids is 1. The van der Waals surface area contributed by atoms with Crippen molar-refractivity contribution in [3.05, 3.63) is 52.4 Å². The molecule has 1 atom stereocenters. The zero-order valence-electron chi connectivity index (χ0n) is 14.3. The molecule has 24 heavy (non-hydrogen) atoms. The van der Waals surface area contributed by atoms with E-state index >= 15 is 0 Å². The maximum Gasteiger partial charge on any atom is 0.270 e. The minimum atomic E-state index is -0.173. The van der Waals surface area contributed by atoms with Crippen molar-refractivity contribution in [3.63, 3.8) is 0 Å². The van der Waals surface area contributed by atoms with E-state index in [0.717, 1.165) is 23.4 Å². The number of aromatic nitrogens is 2. The van der Waals surface area contributed by atoms with Crippen molar-refractivity contribution in [2.45, 2.75) is 39.7 Å². The Kier molecular flexibility index (Phi) is 6.55. The quantitative estimate of drug-likeness (QED) is 0.803. The van der Waals surface area contributed by atoms with E-state index in [-0.39, 0.29) is 11.9 Å². The molecule has 1 amide bonds. The number of anilines is 1. The topological polar surface area (TPSA) is 66.9 Å². The van der Waals surface area contributed by atoms with E-state index in [0.29, 0.717) is 23.9 Å². The smallest absolute Gasteiger partial charge is 0.270 e. The van der Waals surface area contributed by atoms with Crippen LogP contribution in [0.15, 0.2) is 30.3 Å². The molecule has 5 nitrogen and oxygen atoms in total. The third kappa shape index (κ3) is 5.49. The van der Waals surface area contributed by atoms with Crippen LogP contribution in [0.4, 0.5) is 5.82 Å². The SMILES string of the molecule is CCC(C)NC(=O)c1cc(NCCc2cccc(Cl)c2)nc(C)n1. The molecule has 0 aliphatic heterocycles. The second kappa shape index (κ2) is 8.64. The number of nitrogens with zero attached hydrogens (tertiary/aromatic N) is 2. The van der Waals surface area contributed by atoms with Crippen molar-refractivity contribution >= 4 is 23.3 Å². The van der Waals surface area contributed by atoms with Crippen LogP contribution in [-0.2, 0) is 6.42 Å². The Bertz CT molecular complexity index is 705. The van der Waals surface area contributed by atoms with E-state index in [4.69, 9.17) is 11.6 Å². The Morgan fingerprint density at radius 3 is 2.79 bits per heavy atom. The molecule has 2 N–H and O–H groups in total. The number of halogens is 1. The summed E-state index contributed by atoms with van der Waals surface area (Å²) in [5.41, 5.74) is 1.53.